The van der Waals surface area contributed by atoms with Gasteiger partial charge in [0.15, 0.2) is 0 Å². The van der Waals surface area contributed by atoms with Crippen molar-refractivity contribution >= 4 is 34.9 Å². The average Bonchev–Trinajstić information content (AvgIpc) is 2.86. The van der Waals surface area contributed by atoms with Gasteiger partial charge >= 0.3 is 6.03 Å². The molecule has 182 valence electrons. The van der Waals surface area contributed by atoms with Crippen molar-refractivity contribution in [3.8, 4) is 0 Å². The average molecular weight is 473 g/mol. The number of nitrogens with zero attached hydrogens (tertiary/aromatic N) is 1. The molecule has 0 saturated carbocycles. The Morgan fingerprint density at radius 1 is 0.771 bits per heavy atom. The van der Waals surface area contributed by atoms with Crippen LogP contribution in [0.15, 0.2) is 78.9 Å². The number of nitrogens with one attached hydrogen (secondary N) is 3. The van der Waals surface area contributed by atoms with E-state index in [0.717, 1.165) is 22.5 Å². The summed E-state index contributed by atoms with van der Waals surface area (Å²) < 4.78 is 0. The van der Waals surface area contributed by atoms with Gasteiger partial charge in [-0.15, -0.1) is 0 Å². The van der Waals surface area contributed by atoms with Gasteiger partial charge in [0.05, 0.1) is 6.42 Å². The number of hydrogen-bond acceptors (Lipinski definition) is 3. The summed E-state index contributed by atoms with van der Waals surface area (Å²) in [4.78, 5) is 38.6. The summed E-state index contributed by atoms with van der Waals surface area (Å²) in [6, 6.07) is 23.9. The molecule has 3 N–H and O–H groups in total. The number of amides is 4. The minimum absolute atomic E-state index is 0.0203. The van der Waals surface area contributed by atoms with Crippen molar-refractivity contribution in [2.24, 2.45) is 5.92 Å². The molecule has 7 nitrogen and oxygen atoms in total. The zero-order chi connectivity index (χ0) is 25.2. The molecule has 0 atom stereocenters. The Labute approximate surface area is 206 Å². The first-order valence-corrected chi connectivity index (χ1v) is 11.7. The van der Waals surface area contributed by atoms with E-state index in [-0.39, 0.29) is 30.2 Å². The molecule has 7 heteroatoms. The summed E-state index contributed by atoms with van der Waals surface area (Å²) >= 11 is 0. The molecule has 4 amide bonds. The molecule has 3 aromatic rings. The highest BCUT2D eigenvalue weighted by molar-refractivity contribution is 5.95. The lowest BCUT2D eigenvalue weighted by molar-refractivity contribution is -0.119. The topological polar surface area (TPSA) is 90.5 Å². The van der Waals surface area contributed by atoms with Gasteiger partial charge in [0, 0.05) is 36.1 Å². The minimum atomic E-state index is -0.327. The molecule has 0 spiro atoms. The van der Waals surface area contributed by atoms with E-state index in [0.29, 0.717) is 18.8 Å². The highest BCUT2D eigenvalue weighted by atomic mass is 16.2. The Kier molecular flexibility index (Phi) is 9.01. The molecule has 0 aliphatic carbocycles. The minimum Gasteiger partial charge on any atom is -0.334 e. The molecule has 0 heterocycles. The lowest BCUT2D eigenvalue weighted by Gasteiger charge is -2.21. The molecule has 0 fully saturated rings. The monoisotopic (exact) mass is 472 g/mol. The van der Waals surface area contributed by atoms with Gasteiger partial charge in [-0.3, -0.25) is 9.59 Å². The zero-order valence-corrected chi connectivity index (χ0v) is 20.4. The smallest absolute Gasteiger partial charge is 0.319 e. The second-order valence-corrected chi connectivity index (χ2v) is 8.50. The van der Waals surface area contributed by atoms with Crippen molar-refractivity contribution in [1.29, 1.82) is 0 Å². The van der Waals surface area contributed by atoms with Crippen molar-refractivity contribution in [1.82, 2.24) is 5.32 Å². The van der Waals surface area contributed by atoms with E-state index in [1.165, 1.54) is 0 Å². The van der Waals surface area contributed by atoms with Gasteiger partial charge in [0.1, 0.15) is 0 Å². The molecule has 0 saturated heterocycles. The lowest BCUT2D eigenvalue weighted by Crippen LogP contribution is -2.31. The van der Waals surface area contributed by atoms with Crippen molar-refractivity contribution < 1.29 is 14.4 Å². The fraction of sp³-hybridized carbons (Fsp3) is 0.250. The zero-order valence-electron chi connectivity index (χ0n) is 20.4. The van der Waals surface area contributed by atoms with Gasteiger partial charge in [-0.2, -0.15) is 0 Å². The van der Waals surface area contributed by atoms with Crippen LogP contribution in [0.25, 0.3) is 0 Å². The van der Waals surface area contributed by atoms with Crippen LogP contribution in [0, 0.1) is 5.92 Å². The Morgan fingerprint density at radius 2 is 1.34 bits per heavy atom. The van der Waals surface area contributed by atoms with E-state index in [2.05, 4.69) is 16.0 Å². The Bertz CT molecular complexity index is 1130. The number of hydrogen-bond donors (Lipinski definition) is 3. The van der Waals surface area contributed by atoms with Crippen LogP contribution in [0.3, 0.4) is 0 Å². The predicted molar refractivity (Wildman–Crippen MR) is 140 cm³/mol. The first kappa shape index (κ1) is 25.5. The van der Waals surface area contributed by atoms with Gasteiger partial charge in [-0.1, -0.05) is 56.3 Å². The van der Waals surface area contributed by atoms with E-state index in [4.69, 9.17) is 0 Å². The number of benzene rings is 3. The van der Waals surface area contributed by atoms with E-state index in [1.807, 2.05) is 87.5 Å². The number of anilines is 3. The van der Waals surface area contributed by atoms with E-state index in [1.54, 1.807) is 17.0 Å². The molecular formula is C28H32N4O3. The van der Waals surface area contributed by atoms with Gasteiger partial charge in [0.25, 0.3) is 0 Å². The number of rotatable bonds is 9. The van der Waals surface area contributed by atoms with Crippen LogP contribution in [-0.2, 0) is 22.6 Å². The summed E-state index contributed by atoms with van der Waals surface area (Å²) in [5, 5.41) is 8.45. The van der Waals surface area contributed by atoms with Crippen LogP contribution >= 0.6 is 0 Å². The van der Waals surface area contributed by atoms with Crippen LogP contribution in [0.1, 0.15) is 31.9 Å². The van der Waals surface area contributed by atoms with Crippen LogP contribution in [0.2, 0.25) is 0 Å². The normalized spacial score (nSPS) is 10.5. The highest BCUT2D eigenvalue weighted by Crippen LogP contribution is 2.16. The molecule has 35 heavy (non-hydrogen) atoms. The van der Waals surface area contributed by atoms with E-state index < -0.39 is 0 Å². The largest absolute Gasteiger partial charge is 0.334 e. The number of carbonyl (C=O) groups excluding carboxylic acids is 3. The molecule has 0 radical (unpaired) electrons. The summed E-state index contributed by atoms with van der Waals surface area (Å²) in [7, 11) is 0. The molecule has 0 unspecified atom stereocenters. The van der Waals surface area contributed by atoms with Gasteiger partial charge in [-0.25, -0.2) is 4.79 Å². The fourth-order valence-corrected chi connectivity index (χ4v) is 3.44. The Balaban J connectivity index is 1.47. The molecule has 0 bridgehead atoms. The second-order valence-electron chi connectivity index (χ2n) is 8.50. The number of likely N-dealkylation sites (N-methyl/N-ethyl adjacent to an activating group) is 1. The van der Waals surface area contributed by atoms with Crippen molar-refractivity contribution in [3.05, 3.63) is 90.0 Å². The molecule has 0 aliphatic rings. The molecule has 0 aromatic heterocycles. The van der Waals surface area contributed by atoms with Gasteiger partial charge in [0.2, 0.25) is 11.8 Å². The maximum Gasteiger partial charge on any atom is 0.319 e. The molecular weight excluding hydrogens is 440 g/mol. The van der Waals surface area contributed by atoms with E-state index in [9.17, 15) is 14.4 Å². The summed E-state index contributed by atoms with van der Waals surface area (Å²) in [5.41, 5.74) is 4.03. The summed E-state index contributed by atoms with van der Waals surface area (Å²) in [6.45, 7) is 6.58. The predicted octanol–water partition coefficient (Wildman–Crippen LogP) is 5.20. The second kappa shape index (κ2) is 12.4. The van der Waals surface area contributed by atoms with Crippen molar-refractivity contribution in [2.75, 3.05) is 22.1 Å². The Morgan fingerprint density at radius 3 is 1.91 bits per heavy atom. The summed E-state index contributed by atoms with van der Waals surface area (Å²) in [6.07, 6.45) is 0.281. The van der Waals surface area contributed by atoms with E-state index >= 15 is 0 Å². The molecule has 0 aliphatic heterocycles. The lowest BCUT2D eigenvalue weighted by atomic mass is 10.1. The van der Waals surface area contributed by atoms with Crippen molar-refractivity contribution in [3.63, 3.8) is 0 Å². The number of carbonyl (C=O) groups is 3. The maximum absolute atomic E-state index is 12.8. The third kappa shape index (κ3) is 7.71. The SMILES string of the molecule is CCN(C(=O)Cc1ccc(NC(=O)NCc2ccc(NC(=O)C(C)C)cc2)cc1)c1ccccc1. The first-order valence-electron chi connectivity index (χ1n) is 11.7. The van der Waals surface area contributed by atoms with Crippen molar-refractivity contribution in [2.45, 2.75) is 33.7 Å². The third-order valence-electron chi connectivity index (χ3n) is 5.45. The standard InChI is InChI=1S/C28H32N4O3/c1-4-32(25-8-6-5-7-9-25)26(33)18-21-10-14-24(15-11-21)31-28(35)29-19-22-12-16-23(17-13-22)30-27(34)20(2)3/h5-17,20H,4,18-19H2,1-3H3,(H,30,34)(H2,29,31,35). The third-order valence-corrected chi connectivity index (χ3v) is 5.45. The van der Waals surface area contributed by atoms with Crippen LogP contribution in [0.4, 0.5) is 21.9 Å². The van der Waals surface area contributed by atoms with Gasteiger partial charge < -0.3 is 20.9 Å². The van der Waals surface area contributed by atoms with Crippen LogP contribution in [-0.4, -0.2) is 24.4 Å². The molecule has 3 rings (SSSR count). The first-order chi connectivity index (χ1) is 16.9. The van der Waals surface area contributed by atoms with Gasteiger partial charge in [-0.05, 0) is 54.4 Å². The van der Waals surface area contributed by atoms with Crippen LogP contribution < -0.4 is 20.9 Å². The fourth-order valence-electron chi connectivity index (χ4n) is 3.44. The van der Waals surface area contributed by atoms with Crippen LogP contribution in [0.5, 0.6) is 0 Å². The quantitative estimate of drug-likeness (QED) is 0.400. The number of urea groups is 1. The maximum atomic E-state index is 12.8. The molecule has 3 aromatic carbocycles. The highest BCUT2D eigenvalue weighted by Gasteiger charge is 2.14. The summed E-state index contributed by atoms with van der Waals surface area (Å²) in [5.74, 6) is -0.105. The Hall–Kier alpha value is -4.13. The number of para-hydroxylation sites is 1.